The summed E-state index contributed by atoms with van der Waals surface area (Å²) in [6.45, 7) is 3.96. The van der Waals surface area contributed by atoms with Crippen molar-refractivity contribution < 1.29 is 14.6 Å². The molecule has 0 aliphatic rings. The second-order valence-corrected chi connectivity index (χ2v) is 2.98. The Balaban J connectivity index is 3.42. The molecule has 1 aromatic rings. The number of aryl methyl sites for hydroxylation is 1. The summed E-state index contributed by atoms with van der Waals surface area (Å²) in [5.41, 5.74) is 0.828. The molecule has 0 fully saturated rings. The second kappa shape index (κ2) is 4.47. The van der Waals surface area contributed by atoms with E-state index in [0.29, 0.717) is 12.4 Å². The van der Waals surface area contributed by atoms with Crippen LogP contribution in [0, 0.1) is 18.3 Å². The lowest BCUT2D eigenvalue weighted by molar-refractivity contribution is 0.0696. The molecular weight excluding hydrogens is 194 g/mol. The molecule has 0 bridgehead atoms. The van der Waals surface area contributed by atoms with Crippen molar-refractivity contribution in [3.63, 3.8) is 0 Å². The Hall–Kier alpha value is -2.02. The molecule has 1 N–H and O–H groups in total. The van der Waals surface area contributed by atoms with Crippen LogP contribution in [0.2, 0.25) is 0 Å². The molecule has 0 spiro atoms. The highest BCUT2D eigenvalue weighted by molar-refractivity contribution is 5.91. The third-order valence-corrected chi connectivity index (χ3v) is 1.99. The van der Waals surface area contributed by atoms with E-state index in [1.54, 1.807) is 19.9 Å². The Morgan fingerprint density at radius 2 is 2.27 bits per heavy atom. The van der Waals surface area contributed by atoms with Crippen LogP contribution in [0.3, 0.4) is 0 Å². The summed E-state index contributed by atoms with van der Waals surface area (Å²) >= 11 is 0. The van der Waals surface area contributed by atoms with E-state index in [2.05, 4.69) is 0 Å². The van der Waals surface area contributed by atoms with Crippen LogP contribution < -0.4 is 4.74 Å². The standard InChI is InChI=1S/C11H11NO3/c1-3-15-10-7(2)4-5-8(11(13)14)9(10)6-12/h4-5H,3H2,1-2H3,(H,13,14). The maximum absolute atomic E-state index is 10.8. The summed E-state index contributed by atoms with van der Waals surface area (Å²) in [6.07, 6.45) is 0. The lowest BCUT2D eigenvalue weighted by Crippen LogP contribution is -2.05. The van der Waals surface area contributed by atoms with E-state index in [4.69, 9.17) is 15.1 Å². The molecule has 0 aliphatic carbocycles. The van der Waals surface area contributed by atoms with E-state index in [1.165, 1.54) is 6.07 Å². The maximum Gasteiger partial charge on any atom is 0.337 e. The summed E-state index contributed by atoms with van der Waals surface area (Å²) in [4.78, 5) is 10.8. The van der Waals surface area contributed by atoms with Crippen LogP contribution in [-0.2, 0) is 0 Å². The van der Waals surface area contributed by atoms with Crippen LogP contribution in [0.15, 0.2) is 12.1 Å². The van der Waals surface area contributed by atoms with Crippen molar-refractivity contribution in [3.8, 4) is 11.8 Å². The van der Waals surface area contributed by atoms with Gasteiger partial charge in [-0.05, 0) is 25.5 Å². The van der Waals surface area contributed by atoms with Gasteiger partial charge < -0.3 is 9.84 Å². The molecule has 1 aromatic carbocycles. The van der Waals surface area contributed by atoms with Crippen LogP contribution in [0.25, 0.3) is 0 Å². The number of carbonyl (C=O) groups is 1. The average molecular weight is 205 g/mol. The third-order valence-electron chi connectivity index (χ3n) is 1.99. The van der Waals surface area contributed by atoms with Crippen molar-refractivity contribution in [2.75, 3.05) is 6.61 Å². The van der Waals surface area contributed by atoms with Gasteiger partial charge >= 0.3 is 5.97 Å². The third kappa shape index (κ3) is 2.08. The molecule has 0 amide bonds. The van der Waals surface area contributed by atoms with Gasteiger partial charge in [0.2, 0.25) is 0 Å². The molecular formula is C11H11NO3. The maximum atomic E-state index is 10.8. The Bertz CT molecular complexity index is 432. The van der Waals surface area contributed by atoms with Gasteiger partial charge in [-0.3, -0.25) is 0 Å². The normalized spacial score (nSPS) is 9.40. The van der Waals surface area contributed by atoms with Crippen LogP contribution in [0.5, 0.6) is 5.75 Å². The number of nitriles is 1. The molecule has 1 rings (SSSR count). The van der Waals surface area contributed by atoms with Crippen LogP contribution in [-0.4, -0.2) is 17.7 Å². The first-order valence-corrected chi connectivity index (χ1v) is 4.51. The smallest absolute Gasteiger partial charge is 0.337 e. The number of nitrogens with zero attached hydrogens (tertiary/aromatic N) is 1. The summed E-state index contributed by atoms with van der Waals surface area (Å²) in [7, 11) is 0. The first-order valence-electron chi connectivity index (χ1n) is 4.51. The number of hydrogen-bond donors (Lipinski definition) is 1. The summed E-state index contributed by atoms with van der Waals surface area (Å²) in [5, 5.41) is 17.8. The minimum Gasteiger partial charge on any atom is -0.492 e. The molecule has 0 radical (unpaired) electrons. The van der Waals surface area contributed by atoms with Gasteiger partial charge in [0, 0.05) is 0 Å². The number of ether oxygens (including phenoxy) is 1. The monoisotopic (exact) mass is 205 g/mol. The Morgan fingerprint density at radius 3 is 2.73 bits per heavy atom. The largest absolute Gasteiger partial charge is 0.492 e. The lowest BCUT2D eigenvalue weighted by Gasteiger charge is -2.10. The number of carboxylic acid groups (broad SMARTS) is 1. The summed E-state index contributed by atoms with van der Waals surface area (Å²) < 4.78 is 5.26. The highest BCUT2D eigenvalue weighted by Gasteiger charge is 2.16. The van der Waals surface area contributed by atoms with Crippen LogP contribution in [0.1, 0.15) is 28.4 Å². The Morgan fingerprint density at radius 1 is 1.60 bits per heavy atom. The molecule has 0 aliphatic heterocycles. The van der Waals surface area contributed by atoms with Crippen LogP contribution >= 0.6 is 0 Å². The Kier molecular flexibility index (Phi) is 3.29. The Labute approximate surface area is 87.7 Å². The average Bonchev–Trinajstić information content (AvgIpc) is 2.20. The molecule has 15 heavy (non-hydrogen) atoms. The van der Waals surface area contributed by atoms with E-state index in [-0.39, 0.29) is 11.1 Å². The zero-order valence-electron chi connectivity index (χ0n) is 8.57. The predicted molar refractivity (Wildman–Crippen MR) is 54.0 cm³/mol. The first-order chi connectivity index (χ1) is 7.11. The van der Waals surface area contributed by atoms with E-state index in [0.717, 1.165) is 5.56 Å². The van der Waals surface area contributed by atoms with Crippen molar-refractivity contribution in [1.82, 2.24) is 0 Å². The predicted octanol–water partition coefficient (Wildman–Crippen LogP) is 1.96. The van der Waals surface area contributed by atoms with Crippen molar-refractivity contribution in [2.24, 2.45) is 0 Å². The fourth-order valence-corrected chi connectivity index (χ4v) is 1.31. The topological polar surface area (TPSA) is 70.3 Å². The molecule has 4 heteroatoms. The molecule has 0 aromatic heterocycles. The number of hydrogen-bond acceptors (Lipinski definition) is 3. The number of carboxylic acids is 1. The number of aromatic carboxylic acids is 1. The van der Waals surface area contributed by atoms with Gasteiger partial charge in [0.25, 0.3) is 0 Å². The molecule has 78 valence electrons. The fourth-order valence-electron chi connectivity index (χ4n) is 1.31. The van der Waals surface area contributed by atoms with Gasteiger partial charge in [-0.25, -0.2) is 4.79 Å². The van der Waals surface area contributed by atoms with Gasteiger partial charge in [-0.2, -0.15) is 5.26 Å². The molecule has 0 saturated carbocycles. The summed E-state index contributed by atoms with van der Waals surface area (Å²) in [5.74, 6) is -0.757. The minimum absolute atomic E-state index is 0.0217. The van der Waals surface area contributed by atoms with Crippen molar-refractivity contribution in [3.05, 3.63) is 28.8 Å². The summed E-state index contributed by atoms with van der Waals surface area (Å²) in [6, 6.07) is 4.91. The molecule has 0 atom stereocenters. The quantitative estimate of drug-likeness (QED) is 0.818. The first kappa shape index (κ1) is 11.1. The van der Waals surface area contributed by atoms with Gasteiger partial charge in [-0.1, -0.05) is 6.07 Å². The zero-order valence-corrected chi connectivity index (χ0v) is 8.57. The fraction of sp³-hybridized carbons (Fsp3) is 0.273. The van der Waals surface area contributed by atoms with E-state index >= 15 is 0 Å². The highest BCUT2D eigenvalue weighted by atomic mass is 16.5. The minimum atomic E-state index is -1.12. The highest BCUT2D eigenvalue weighted by Crippen LogP contribution is 2.26. The molecule has 0 heterocycles. The van der Waals surface area contributed by atoms with Gasteiger partial charge in [0.15, 0.2) is 0 Å². The van der Waals surface area contributed by atoms with E-state index in [1.807, 2.05) is 6.07 Å². The van der Waals surface area contributed by atoms with E-state index in [9.17, 15) is 4.79 Å². The SMILES string of the molecule is CCOc1c(C)ccc(C(=O)O)c1C#N. The lowest BCUT2D eigenvalue weighted by atomic mass is 10.0. The molecule has 4 nitrogen and oxygen atoms in total. The zero-order chi connectivity index (χ0) is 11.4. The molecule has 0 unspecified atom stereocenters. The van der Waals surface area contributed by atoms with Crippen molar-refractivity contribution in [2.45, 2.75) is 13.8 Å². The van der Waals surface area contributed by atoms with Crippen molar-refractivity contribution >= 4 is 5.97 Å². The van der Waals surface area contributed by atoms with Gasteiger partial charge in [-0.15, -0.1) is 0 Å². The van der Waals surface area contributed by atoms with Gasteiger partial charge in [0.1, 0.15) is 17.4 Å². The van der Waals surface area contributed by atoms with Crippen LogP contribution in [0.4, 0.5) is 0 Å². The van der Waals surface area contributed by atoms with E-state index < -0.39 is 5.97 Å². The molecule has 0 saturated heterocycles. The number of rotatable bonds is 3. The number of benzene rings is 1. The second-order valence-electron chi connectivity index (χ2n) is 2.98. The van der Waals surface area contributed by atoms with Crippen molar-refractivity contribution in [1.29, 1.82) is 5.26 Å². The van der Waals surface area contributed by atoms with Gasteiger partial charge in [0.05, 0.1) is 12.2 Å².